The summed E-state index contributed by atoms with van der Waals surface area (Å²) in [4.78, 5) is 0. The van der Waals surface area contributed by atoms with E-state index in [2.05, 4.69) is 86.3 Å². The number of benzene rings is 3. The molecule has 1 fully saturated rings. The summed E-state index contributed by atoms with van der Waals surface area (Å²) in [6.45, 7) is 9.28. The van der Waals surface area contributed by atoms with E-state index >= 15 is 0 Å². The van der Waals surface area contributed by atoms with Gasteiger partial charge in [-0.2, -0.15) is 5.26 Å². The van der Waals surface area contributed by atoms with Crippen molar-refractivity contribution in [1.82, 2.24) is 4.40 Å². The summed E-state index contributed by atoms with van der Waals surface area (Å²) in [5.74, 6) is 0.601. The van der Waals surface area contributed by atoms with Gasteiger partial charge in [-0.05, 0) is 97.2 Å². The Balaban J connectivity index is 1.72. The Morgan fingerprint density at radius 3 is 2.50 bits per heavy atom. The number of hydrogen-bond acceptors (Lipinski definition) is 1. The second kappa shape index (κ2) is 7.20. The summed E-state index contributed by atoms with van der Waals surface area (Å²) < 4.78 is 4.76. The third kappa shape index (κ3) is 2.76. The highest BCUT2D eigenvalue weighted by atomic mass is 15.0. The van der Waals surface area contributed by atoms with E-state index in [4.69, 9.17) is 0 Å². The molecule has 3 nitrogen and oxygen atoms in total. The molecule has 3 aromatic heterocycles. The molecule has 0 unspecified atom stereocenters. The van der Waals surface area contributed by atoms with Gasteiger partial charge in [0.1, 0.15) is 7.05 Å². The average molecular weight is 471 g/mol. The van der Waals surface area contributed by atoms with E-state index in [-0.39, 0.29) is 0 Å². The molecule has 1 saturated carbocycles. The van der Waals surface area contributed by atoms with E-state index in [0.29, 0.717) is 11.3 Å². The van der Waals surface area contributed by atoms with Crippen LogP contribution in [-0.4, -0.2) is 4.40 Å². The third-order valence-electron chi connectivity index (χ3n) is 9.24. The van der Waals surface area contributed by atoms with Crippen molar-refractivity contribution >= 4 is 49.0 Å². The molecule has 1 aliphatic rings. The van der Waals surface area contributed by atoms with Gasteiger partial charge in [0.05, 0.1) is 39.0 Å². The molecule has 3 heterocycles. The fourth-order valence-corrected chi connectivity index (χ4v) is 7.04. The van der Waals surface area contributed by atoms with E-state index in [0.717, 1.165) is 16.5 Å². The maximum Gasteiger partial charge on any atom is 0.224 e. The lowest BCUT2D eigenvalue weighted by Crippen LogP contribution is -2.29. The Labute approximate surface area is 211 Å². The molecular formula is C33H32N3+. The lowest BCUT2D eigenvalue weighted by Gasteiger charge is -2.34. The molecule has 0 bridgehead atoms. The standard InChI is InChI=1S/C33H32N3/c1-19-15-25-29-23(18-34)7-6-8-26(29)36-27-17-24(21-9-12-33(3,4)13-10-21)16-22-11-14-35(5)32(30(22)27)28(20(19)2)31(25)36/h6-8,11,14-17,21H,9-10,12-13H2,1-5H3/q+1. The molecule has 0 saturated heterocycles. The van der Waals surface area contributed by atoms with Gasteiger partial charge in [0, 0.05) is 16.8 Å². The van der Waals surface area contributed by atoms with Gasteiger partial charge in [0.25, 0.3) is 0 Å². The van der Waals surface area contributed by atoms with E-state index in [9.17, 15) is 5.26 Å². The Kier molecular flexibility index (Phi) is 4.33. The molecule has 6 aromatic rings. The van der Waals surface area contributed by atoms with Crippen molar-refractivity contribution in [3.63, 3.8) is 0 Å². The number of aromatic nitrogens is 2. The van der Waals surface area contributed by atoms with Crippen LogP contribution in [0.4, 0.5) is 0 Å². The van der Waals surface area contributed by atoms with Crippen LogP contribution >= 0.6 is 0 Å². The number of pyridine rings is 2. The molecule has 3 heteroatoms. The molecular weight excluding hydrogens is 438 g/mol. The first kappa shape index (κ1) is 21.6. The molecule has 1 aliphatic carbocycles. The number of aryl methyl sites for hydroxylation is 3. The van der Waals surface area contributed by atoms with Crippen LogP contribution in [0.2, 0.25) is 0 Å². The fraction of sp³-hybridized carbons (Fsp3) is 0.333. The normalized spacial score (nSPS) is 16.7. The largest absolute Gasteiger partial charge is 0.307 e. The zero-order valence-corrected chi connectivity index (χ0v) is 21.9. The molecule has 0 spiro atoms. The van der Waals surface area contributed by atoms with Crippen molar-refractivity contribution in [1.29, 1.82) is 5.26 Å². The van der Waals surface area contributed by atoms with Gasteiger partial charge in [0.15, 0.2) is 6.20 Å². The predicted octanol–water partition coefficient (Wildman–Crippen LogP) is 7.99. The zero-order chi connectivity index (χ0) is 24.9. The Hall–Kier alpha value is -3.64. The summed E-state index contributed by atoms with van der Waals surface area (Å²) in [5.41, 5.74) is 10.2. The van der Waals surface area contributed by atoms with Crippen LogP contribution in [0.25, 0.3) is 49.0 Å². The van der Waals surface area contributed by atoms with Gasteiger partial charge >= 0.3 is 0 Å². The van der Waals surface area contributed by atoms with Crippen molar-refractivity contribution < 1.29 is 4.57 Å². The summed E-state index contributed by atoms with van der Waals surface area (Å²) in [7, 11) is 2.17. The number of rotatable bonds is 1. The number of hydrogen-bond donors (Lipinski definition) is 0. The molecule has 3 aromatic carbocycles. The number of fused-ring (bicyclic) bond motifs is 5. The quantitative estimate of drug-likeness (QED) is 0.136. The van der Waals surface area contributed by atoms with E-state index in [1.165, 1.54) is 80.5 Å². The van der Waals surface area contributed by atoms with Crippen LogP contribution in [0.3, 0.4) is 0 Å². The fourth-order valence-electron chi connectivity index (χ4n) is 7.04. The van der Waals surface area contributed by atoms with E-state index in [1.807, 2.05) is 12.1 Å². The van der Waals surface area contributed by atoms with Gasteiger partial charge in [0.2, 0.25) is 5.52 Å². The minimum atomic E-state index is 0.452. The Morgan fingerprint density at radius 1 is 0.972 bits per heavy atom. The SMILES string of the molecule is Cc1cc2c3c(C#N)cccc3n3c4cc(C5CCC(C)(C)CC5)cc5cc[n+](C)c(c(c1C)c23)c54. The zero-order valence-electron chi connectivity index (χ0n) is 21.9. The first-order valence-electron chi connectivity index (χ1n) is 13.2. The Morgan fingerprint density at radius 2 is 1.75 bits per heavy atom. The second-order valence-corrected chi connectivity index (χ2v) is 12.0. The van der Waals surface area contributed by atoms with Crippen LogP contribution in [0.15, 0.2) is 48.7 Å². The van der Waals surface area contributed by atoms with Crippen molar-refractivity contribution in [2.75, 3.05) is 0 Å². The molecule has 178 valence electrons. The van der Waals surface area contributed by atoms with Crippen LogP contribution in [-0.2, 0) is 7.05 Å². The summed E-state index contributed by atoms with van der Waals surface area (Å²) >= 11 is 0. The first-order chi connectivity index (χ1) is 17.3. The summed E-state index contributed by atoms with van der Waals surface area (Å²) in [5, 5.41) is 16.3. The van der Waals surface area contributed by atoms with Crippen LogP contribution < -0.4 is 4.57 Å². The smallest absolute Gasteiger partial charge is 0.224 e. The highest BCUT2D eigenvalue weighted by Crippen LogP contribution is 2.46. The van der Waals surface area contributed by atoms with Crippen molar-refractivity contribution in [3.05, 3.63) is 70.9 Å². The minimum Gasteiger partial charge on any atom is -0.307 e. The lowest BCUT2D eigenvalue weighted by atomic mass is 9.71. The average Bonchev–Trinajstić information content (AvgIpc) is 3.19. The van der Waals surface area contributed by atoms with Gasteiger partial charge in [-0.3, -0.25) is 0 Å². The maximum absolute atomic E-state index is 10.0. The predicted molar refractivity (Wildman–Crippen MR) is 149 cm³/mol. The van der Waals surface area contributed by atoms with Crippen molar-refractivity contribution in [2.24, 2.45) is 12.5 Å². The lowest BCUT2D eigenvalue weighted by molar-refractivity contribution is -0.643. The van der Waals surface area contributed by atoms with E-state index < -0.39 is 0 Å². The molecule has 0 atom stereocenters. The van der Waals surface area contributed by atoms with Gasteiger partial charge in [-0.25, -0.2) is 4.57 Å². The van der Waals surface area contributed by atoms with Crippen LogP contribution in [0.1, 0.15) is 67.7 Å². The molecule has 7 rings (SSSR count). The highest BCUT2D eigenvalue weighted by Gasteiger charge is 2.30. The Bertz CT molecular complexity index is 1900. The first-order valence-corrected chi connectivity index (χ1v) is 13.2. The molecule has 0 aliphatic heterocycles. The minimum absolute atomic E-state index is 0.452. The molecule has 36 heavy (non-hydrogen) atoms. The summed E-state index contributed by atoms with van der Waals surface area (Å²) in [6.07, 6.45) is 7.29. The molecule has 0 amide bonds. The van der Waals surface area contributed by atoms with Gasteiger partial charge in [-0.15, -0.1) is 0 Å². The van der Waals surface area contributed by atoms with Crippen LogP contribution in [0, 0.1) is 30.6 Å². The molecule has 0 radical (unpaired) electrons. The number of nitrogens with zero attached hydrogens (tertiary/aromatic N) is 3. The summed E-state index contributed by atoms with van der Waals surface area (Å²) in [6, 6.07) is 18.2. The van der Waals surface area contributed by atoms with Crippen LogP contribution in [0.5, 0.6) is 0 Å². The topological polar surface area (TPSA) is 32.1 Å². The third-order valence-corrected chi connectivity index (χ3v) is 9.24. The monoisotopic (exact) mass is 470 g/mol. The maximum atomic E-state index is 10.0. The highest BCUT2D eigenvalue weighted by molar-refractivity contribution is 6.26. The van der Waals surface area contributed by atoms with Gasteiger partial charge < -0.3 is 4.40 Å². The number of nitriles is 1. The van der Waals surface area contributed by atoms with Crippen molar-refractivity contribution in [3.8, 4) is 6.07 Å². The van der Waals surface area contributed by atoms with E-state index in [1.54, 1.807) is 0 Å². The second-order valence-electron chi connectivity index (χ2n) is 12.0. The molecule has 0 N–H and O–H groups in total. The van der Waals surface area contributed by atoms with Crippen molar-refractivity contribution in [2.45, 2.75) is 59.3 Å². The van der Waals surface area contributed by atoms with Gasteiger partial charge in [-0.1, -0.05) is 26.0 Å².